The summed E-state index contributed by atoms with van der Waals surface area (Å²) in [5, 5.41) is 33.7. The number of tetrazole rings is 1. The summed E-state index contributed by atoms with van der Waals surface area (Å²) in [6.07, 6.45) is 0.728. The fourth-order valence-electron chi connectivity index (χ4n) is 4.84. The van der Waals surface area contributed by atoms with E-state index in [2.05, 4.69) is 86.5 Å². The van der Waals surface area contributed by atoms with Crippen molar-refractivity contribution < 1.29 is 5.11 Å². The molecule has 0 amide bonds. The Kier molecular flexibility index (Phi) is 6.11. The largest absolute Gasteiger partial charge is 0.491 e. The van der Waals surface area contributed by atoms with Crippen LogP contribution in [0.2, 0.25) is 0 Å². The third-order valence-corrected chi connectivity index (χ3v) is 6.60. The van der Waals surface area contributed by atoms with E-state index >= 15 is 0 Å². The highest BCUT2D eigenvalue weighted by atomic mass is 16.3. The van der Waals surface area contributed by atoms with Crippen LogP contribution in [0.5, 0.6) is 5.88 Å². The van der Waals surface area contributed by atoms with Gasteiger partial charge in [-0.2, -0.15) is 0 Å². The van der Waals surface area contributed by atoms with E-state index in [4.69, 9.17) is 4.98 Å². The molecular formula is C30H28N8O. The third-order valence-electron chi connectivity index (χ3n) is 6.60. The molecule has 0 unspecified atom stereocenters. The second-order valence-corrected chi connectivity index (χ2v) is 10.8. The van der Waals surface area contributed by atoms with Crippen LogP contribution in [-0.4, -0.2) is 45.5 Å². The van der Waals surface area contributed by atoms with Crippen LogP contribution in [0.1, 0.15) is 32.2 Å². The van der Waals surface area contributed by atoms with Gasteiger partial charge in [0.1, 0.15) is 22.6 Å². The summed E-state index contributed by atoms with van der Waals surface area (Å²) in [6.45, 7) is 7.08. The molecule has 6 aromatic rings. The Hall–Kier alpha value is -4.92. The van der Waals surface area contributed by atoms with E-state index in [1.807, 2.05) is 48.5 Å². The van der Waals surface area contributed by atoms with Crippen LogP contribution in [-0.2, 0) is 13.0 Å². The number of aromatic nitrogens is 8. The molecule has 0 bridgehead atoms. The lowest BCUT2D eigenvalue weighted by Crippen LogP contribution is -2.15. The Morgan fingerprint density at radius 1 is 0.795 bits per heavy atom. The first-order valence-electron chi connectivity index (χ1n) is 12.8. The number of fused-ring (bicyclic) bond motifs is 1. The summed E-state index contributed by atoms with van der Waals surface area (Å²) in [5.41, 5.74) is 6.89. The Morgan fingerprint density at radius 2 is 1.51 bits per heavy atom. The van der Waals surface area contributed by atoms with Crippen LogP contribution in [0.25, 0.3) is 44.8 Å². The smallest absolute Gasteiger partial charge is 0.257 e. The quantitative estimate of drug-likeness (QED) is 0.292. The van der Waals surface area contributed by atoms with Crippen molar-refractivity contribution in [2.45, 2.75) is 33.7 Å². The van der Waals surface area contributed by atoms with Crippen molar-refractivity contribution in [3.63, 3.8) is 0 Å². The van der Waals surface area contributed by atoms with Crippen molar-refractivity contribution >= 4 is 11.0 Å². The monoisotopic (exact) mass is 516 g/mol. The summed E-state index contributed by atoms with van der Waals surface area (Å²) in [4.78, 5) is 5.01. The number of H-pyrrole nitrogens is 1. The zero-order chi connectivity index (χ0) is 27.0. The Morgan fingerprint density at radius 3 is 2.21 bits per heavy atom. The van der Waals surface area contributed by atoms with E-state index in [9.17, 15) is 5.11 Å². The molecule has 3 heterocycles. The van der Waals surface area contributed by atoms with E-state index in [1.165, 1.54) is 0 Å². The summed E-state index contributed by atoms with van der Waals surface area (Å²) in [7, 11) is 0. The van der Waals surface area contributed by atoms with Gasteiger partial charge >= 0.3 is 0 Å². The fraction of sp³-hybridized carbons (Fsp3) is 0.200. The van der Waals surface area contributed by atoms with Crippen molar-refractivity contribution in [1.29, 1.82) is 0 Å². The molecule has 0 aliphatic heterocycles. The Balaban J connectivity index is 1.42. The lowest BCUT2D eigenvalue weighted by molar-refractivity contribution is 0.393. The van der Waals surface area contributed by atoms with Crippen LogP contribution in [0.15, 0.2) is 78.9 Å². The zero-order valence-electron chi connectivity index (χ0n) is 22.0. The molecule has 0 fully saturated rings. The summed E-state index contributed by atoms with van der Waals surface area (Å²) in [5.74, 6) is 1.38. The first-order chi connectivity index (χ1) is 18.9. The first-order valence-corrected chi connectivity index (χ1v) is 12.8. The Labute approximate surface area is 225 Å². The van der Waals surface area contributed by atoms with Crippen molar-refractivity contribution in [1.82, 2.24) is 40.4 Å². The van der Waals surface area contributed by atoms with Gasteiger partial charge in [-0.3, -0.25) is 0 Å². The maximum Gasteiger partial charge on any atom is 0.257 e. The minimum Gasteiger partial charge on any atom is -0.491 e. The molecule has 0 saturated carbocycles. The van der Waals surface area contributed by atoms with Gasteiger partial charge in [0, 0.05) is 24.1 Å². The van der Waals surface area contributed by atoms with Gasteiger partial charge in [0.15, 0.2) is 5.82 Å². The van der Waals surface area contributed by atoms with E-state index in [0.29, 0.717) is 29.1 Å². The number of nitrogens with zero attached hydrogens (tertiary/aromatic N) is 7. The van der Waals surface area contributed by atoms with Crippen LogP contribution in [0.3, 0.4) is 0 Å². The number of hydrogen-bond donors (Lipinski definition) is 2. The van der Waals surface area contributed by atoms with E-state index in [1.54, 1.807) is 0 Å². The predicted molar refractivity (Wildman–Crippen MR) is 150 cm³/mol. The van der Waals surface area contributed by atoms with Gasteiger partial charge in [0.05, 0.1) is 0 Å². The van der Waals surface area contributed by atoms with Crippen molar-refractivity contribution in [2.24, 2.45) is 5.41 Å². The second kappa shape index (κ2) is 9.75. The summed E-state index contributed by atoms with van der Waals surface area (Å²) >= 11 is 0. The lowest BCUT2D eigenvalue weighted by atomic mass is 9.92. The standard InChI is InChI=1S/C30H28N8O/c1-30(2,3)17-24-31-26-25(21-9-5-4-6-10-21)32-35-29(39)27(26)38(24)18-19-13-15-20(16-14-19)22-11-7-8-12-23(22)28-33-36-37-34-28/h4-16H,17-18H2,1-3H3,(H,35,39)(H,33,34,36,37). The molecule has 0 spiro atoms. The van der Waals surface area contributed by atoms with Gasteiger partial charge in [-0.25, -0.2) is 10.1 Å². The average Bonchev–Trinajstić information content (AvgIpc) is 3.58. The molecule has 0 aliphatic rings. The van der Waals surface area contributed by atoms with Gasteiger partial charge in [0.2, 0.25) is 0 Å². The van der Waals surface area contributed by atoms with Gasteiger partial charge in [-0.05, 0) is 32.5 Å². The number of rotatable bonds is 6. The predicted octanol–water partition coefficient (Wildman–Crippen LogP) is 5.68. The molecule has 0 aliphatic carbocycles. The summed E-state index contributed by atoms with van der Waals surface area (Å²) in [6, 6.07) is 26.2. The highest BCUT2D eigenvalue weighted by molar-refractivity contribution is 5.92. The van der Waals surface area contributed by atoms with Crippen LogP contribution < -0.4 is 0 Å². The molecule has 3 aromatic heterocycles. The fourth-order valence-corrected chi connectivity index (χ4v) is 4.84. The highest BCUT2D eigenvalue weighted by Gasteiger charge is 2.24. The van der Waals surface area contributed by atoms with Crippen LogP contribution in [0, 0.1) is 5.41 Å². The number of aromatic amines is 1. The molecule has 0 atom stereocenters. The van der Waals surface area contributed by atoms with E-state index < -0.39 is 0 Å². The molecule has 39 heavy (non-hydrogen) atoms. The molecule has 3 aromatic carbocycles. The number of imidazole rings is 1. The number of aromatic hydroxyl groups is 1. The zero-order valence-corrected chi connectivity index (χ0v) is 22.0. The number of hydrogen-bond acceptors (Lipinski definition) is 7. The summed E-state index contributed by atoms with van der Waals surface area (Å²) < 4.78 is 2.07. The van der Waals surface area contributed by atoms with Crippen molar-refractivity contribution in [3.8, 4) is 39.7 Å². The minimum absolute atomic E-state index is 0.00829. The van der Waals surface area contributed by atoms with Gasteiger partial charge in [-0.1, -0.05) is 99.6 Å². The molecule has 194 valence electrons. The molecule has 2 N–H and O–H groups in total. The number of nitrogens with one attached hydrogen (secondary N) is 1. The molecular weight excluding hydrogens is 488 g/mol. The first kappa shape index (κ1) is 24.4. The van der Waals surface area contributed by atoms with Crippen LogP contribution >= 0.6 is 0 Å². The normalized spacial score (nSPS) is 11.8. The molecule has 6 rings (SSSR count). The van der Waals surface area contributed by atoms with Crippen LogP contribution in [0.4, 0.5) is 0 Å². The molecule has 0 radical (unpaired) electrons. The van der Waals surface area contributed by atoms with E-state index in [-0.39, 0.29) is 11.3 Å². The van der Waals surface area contributed by atoms with Gasteiger partial charge in [0.25, 0.3) is 5.88 Å². The topological polar surface area (TPSA) is 118 Å². The van der Waals surface area contributed by atoms with Gasteiger partial charge < -0.3 is 9.67 Å². The molecule has 9 nitrogen and oxygen atoms in total. The maximum atomic E-state index is 10.9. The van der Waals surface area contributed by atoms with Crippen molar-refractivity contribution in [2.75, 3.05) is 0 Å². The lowest BCUT2D eigenvalue weighted by Gasteiger charge is -2.19. The second-order valence-electron chi connectivity index (χ2n) is 10.8. The maximum absolute atomic E-state index is 10.9. The highest BCUT2D eigenvalue weighted by Crippen LogP contribution is 2.34. The minimum atomic E-state index is -0.122. The third kappa shape index (κ3) is 4.86. The Bertz CT molecular complexity index is 1730. The SMILES string of the molecule is CC(C)(C)Cc1nc2c(-c3ccccc3)nnc(O)c2n1Cc1ccc(-c2ccccc2-c2nnn[nH]2)cc1. The number of benzene rings is 3. The molecule has 9 heteroatoms. The van der Waals surface area contributed by atoms with Crippen molar-refractivity contribution in [3.05, 3.63) is 90.3 Å². The van der Waals surface area contributed by atoms with Gasteiger partial charge in [-0.15, -0.1) is 15.3 Å². The van der Waals surface area contributed by atoms with E-state index in [0.717, 1.165) is 40.1 Å². The molecule has 0 saturated heterocycles. The average molecular weight is 517 g/mol.